The zero-order chi connectivity index (χ0) is 12.1. The van der Waals surface area contributed by atoms with Gasteiger partial charge in [-0.3, -0.25) is 0 Å². The van der Waals surface area contributed by atoms with Crippen LogP contribution in [0.2, 0.25) is 0 Å². The lowest BCUT2D eigenvalue weighted by molar-refractivity contribution is 0.646. The van der Waals surface area contributed by atoms with E-state index in [1.54, 1.807) is 0 Å². The molecule has 1 aromatic rings. The van der Waals surface area contributed by atoms with Crippen LogP contribution in [0.25, 0.3) is 0 Å². The Balaban J connectivity index is 2.23. The first-order valence-corrected chi connectivity index (χ1v) is 6.84. The normalized spacial score (nSPS) is 18.8. The van der Waals surface area contributed by atoms with Gasteiger partial charge in [-0.05, 0) is 38.4 Å². The lowest BCUT2D eigenvalue weighted by atomic mass is 10.1. The summed E-state index contributed by atoms with van der Waals surface area (Å²) in [6, 6.07) is 9.25. The number of nitrogens with one attached hydrogen (secondary N) is 1. The van der Waals surface area contributed by atoms with E-state index in [1.807, 2.05) is 7.05 Å². The third-order valence-electron chi connectivity index (χ3n) is 3.78. The molecular weight excluding hydrogens is 208 g/mol. The van der Waals surface area contributed by atoms with Crippen molar-refractivity contribution < 1.29 is 0 Å². The molecule has 0 radical (unpaired) electrons. The van der Waals surface area contributed by atoms with Crippen molar-refractivity contribution >= 4 is 5.69 Å². The Morgan fingerprint density at radius 3 is 2.35 bits per heavy atom. The van der Waals surface area contributed by atoms with Crippen molar-refractivity contribution in [3.8, 4) is 0 Å². The Bertz CT molecular complexity index is 341. The van der Waals surface area contributed by atoms with E-state index in [0.717, 1.165) is 0 Å². The molecule has 0 aromatic heterocycles. The molecule has 1 atom stereocenters. The fraction of sp³-hybridized carbons (Fsp3) is 0.600. The Morgan fingerprint density at radius 2 is 1.71 bits per heavy atom. The quantitative estimate of drug-likeness (QED) is 0.859. The van der Waals surface area contributed by atoms with E-state index in [4.69, 9.17) is 0 Å². The van der Waals surface area contributed by atoms with Crippen molar-refractivity contribution in [2.24, 2.45) is 0 Å². The van der Waals surface area contributed by atoms with E-state index in [9.17, 15) is 0 Å². The number of hydrogen-bond donors (Lipinski definition) is 1. The average molecular weight is 232 g/mol. The second kappa shape index (κ2) is 6.06. The maximum atomic E-state index is 3.35. The molecule has 1 aromatic carbocycles. The molecule has 1 aliphatic rings. The summed E-state index contributed by atoms with van der Waals surface area (Å²) in [5, 5.41) is 3.35. The van der Waals surface area contributed by atoms with Crippen molar-refractivity contribution in [2.45, 2.75) is 38.6 Å². The van der Waals surface area contributed by atoms with Gasteiger partial charge in [-0.25, -0.2) is 0 Å². The second-order valence-electron chi connectivity index (χ2n) is 4.97. The van der Waals surface area contributed by atoms with Crippen molar-refractivity contribution in [1.82, 2.24) is 5.32 Å². The lowest BCUT2D eigenvalue weighted by Gasteiger charge is -2.27. The molecule has 0 amide bonds. The summed E-state index contributed by atoms with van der Waals surface area (Å²) in [6.07, 6.45) is 5.45. The van der Waals surface area contributed by atoms with Gasteiger partial charge in [0, 0.05) is 24.8 Å². The minimum absolute atomic E-state index is 0.425. The van der Waals surface area contributed by atoms with Crippen LogP contribution in [0, 0.1) is 0 Å². The van der Waals surface area contributed by atoms with Crippen molar-refractivity contribution in [2.75, 3.05) is 25.0 Å². The van der Waals surface area contributed by atoms with E-state index >= 15 is 0 Å². The lowest BCUT2D eigenvalue weighted by Crippen LogP contribution is -2.26. The summed E-state index contributed by atoms with van der Waals surface area (Å²) in [7, 11) is 2.03. The zero-order valence-electron chi connectivity index (χ0n) is 11.1. The molecule has 0 spiro atoms. The van der Waals surface area contributed by atoms with Gasteiger partial charge in [-0.2, -0.15) is 0 Å². The van der Waals surface area contributed by atoms with Gasteiger partial charge >= 0.3 is 0 Å². The minimum atomic E-state index is 0.425. The predicted octanol–water partition coefficient (Wildman–Crippen LogP) is 3.35. The van der Waals surface area contributed by atoms with Gasteiger partial charge in [0.2, 0.25) is 0 Å². The molecule has 17 heavy (non-hydrogen) atoms. The van der Waals surface area contributed by atoms with Crippen LogP contribution in [0.5, 0.6) is 0 Å². The first-order chi connectivity index (χ1) is 8.33. The SMILES string of the molecule is CNC(C)c1ccccc1N1CCCCCC1. The molecule has 0 saturated carbocycles. The van der Waals surface area contributed by atoms with Gasteiger partial charge in [0.05, 0.1) is 0 Å². The molecule has 2 nitrogen and oxygen atoms in total. The largest absolute Gasteiger partial charge is 0.371 e. The highest BCUT2D eigenvalue weighted by atomic mass is 15.1. The number of hydrogen-bond acceptors (Lipinski definition) is 2. The summed E-state index contributed by atoms with van der Waals surface area (Å²) in [4.78, 5) is 2.57. The van der Waals surface area contributed by atoms with Gasteiger partial charge in [0.25, 0.3) is 0 Å². The highest BCUT2D eigenvalue weighted by Gasteiger charge is 2.15. The number of benzene rings is 1. The predicted molar refractivity (Wildman–Crippen MR) is 74.6 cm³/mol. The third kappa shape index (κ3) is 3.01. The van der Waals surface area contributed by atoms with Crippen molar-refractivity contribution in [1.29, 1.82) is 0 Å². The number of para-hydroxylation sites is 1. The highest BCUT2D eigenvalue weighted by molar-refractivity contribution is 5.55. The fourth-order valence-corrected chi connectivity index (χ4v) is 2.61. The van der Waals surface area contributed by atoms with Crippen LogP contribution in [0.15, 0.2) is 24.3 Å². The van der Waals surface area contributed by atoms with Crippen LogP contribution in [0.4, 0.5) is 5.69 Å². The molecule has 2 rings (SSSR count). The molecular formula is C15H24N2. The Hall–Kier alpha value is -1.02. The maximum Gasteiger partial charge on any atom is 0.0414 e. The van der Waals surface area contributed by atoms with E-state index in [2.05, 4.69) is 41.4 Å². The van der Waals surface area contributed by atoms with Crippen LogP contribution < -0.4 is 10.2 Å². The third-order valence-corrected chi connectivity index (χ3v) is 3.78. The Kier molecular flexibility index (Phi) is 4.43. The van der Waals surface area contributed by atoms with E-state index in [0.29, 0.717) is 6.04 Å². The van der Waals surface area contributed by atoms with Crippen molar-refractivity contribution in [3.63, 3.8) is 0 Å². The summed E-state index contributed by atoms with van der Waals surface area (Å²) < 4.78 is 0. The number of anilines is 1. The molecule has 0 bridgehead atoms. The minimum Gasteiger partial charge on any atom is -0.371 e. The number of rotatable bonds is 3. The summed E-state index contributed by atoms with van der Waals surface area (Å²) in [5.41, 5.74) is 2.85. The van der Waals surface area contributed by atoms with Gasteiger partial charge in [0.1, 0.15) is 0 Å². The summed E-state index contributed by atoms with van der Waals surface area (Å²) in [6.45, 7) is 4.66. The average Bonchev–Trinajstić information content (AvgIpc) is 2.66. The molecule has 1 unspecified atom stereocenters. The topological polar surface area (TPSA) is 15.3 Å². The molecule has 0 aliphatic carbocycles. The van der Waals surface area contributed by atoms with Crippen LogP contribution in [-0.4, -0.2) is 20.1 Å². The van der Waals surface area contributed by atoms with Crippen LogP contribution in [0.1, 0.15) is 44.2 Å². The molecule has 1 heterocycles. The first-order valence-electron chi connectivity index (χ1n) is 6.84. The zero-order valence-corrected chi connectivity index (χ0v) is 11.1. The second-order valence-corrected chi connectivity index (χ2v) is 4.97. The number of nitrogens with zero attached hydrogens (tertiary/aromatic N) is 1. The molecule has 1 N–H and O–H groups in total. The molecule has 94 valence electrons. The first kappa shape index (κ1) is 12.4. The van der Waals surface area contributed by atoms with Crippen LogP contribution in [0.3, 0.4) is 0 Å². The van der Waals surface area contributed by atoms with E-state index in [1.165, 1.54) is 50.0 Å². The van der Waals surface area contributed by atoms with Gasteiger partial charge in [-0.1, -0.05) is 31.0 Å². The Morgan fingerprint density at radius 1 is 1.06 bits per heavy atom. The van der Waals surface area contributed by atoms with Crippen molar-refractivity contribution in [3.05, 3.63) is 29.8 Å². The fourth-order valence-electron chi connectivity index (χ4n) is 2.61. The summed E-state index contributed by atoms with van der Waals surface area (Å²) in [5.74, 6) is 0. The monoisotopic (exact) mass is 232 g/mol. The maximum absolute atomic E-state index is 3.35. The van der Waals surface area contributed by atoms with Crippen LogP contribution >= 0.6 is 0 Å². The van der Waals surface area contributed by atoms with Gasteiger partial charge < -0.3 is 10.2 Å². The van der Waals surface area contributed by atoms with E-state index in [-0.39, 0.29) is 0 Å². The summed E-state index contributed by atoms with van der Waals surface area (Å²) >= 11 is 0. The molecule has 1 saturated heterocycles. The van der Waals surface area contributed by atoms with Crippen LogP contribution in [-0.2, 0) is 0 Å². The molecule has 2 heteroatoms. The Labute approximate surface area is 105 Å². The smallest absolute Gasteiger partial charge is 0.0414 e. The molecule has 1 aliphatic heterocycles. The van der Waals surface area contributed by atoms with Gasteiger partial charge in [-0.15, -0.1) is 0 Å². The highest BCUT2D eigenvalue weighted by Crippen LogP contribution is 2.27. The van der Waals surface area contributed by atoms with Gasteiger partial charge in [0.15, 0.2) is 0 Å². The molecule has 1 fully saturated rings. The standard InChI is InChI=1S/C15H24N2/c1-13(16-2)14-9-5-6-10-15(14)17-11-7-3-4-8-12-17/h5-6,9-10,13,16H,3-4,7-8,11-12H2,1-2H3. The van der Waals surface area contributed by atoms with E-state index < -0.39 is 0 Å².